The Morgan fingerprint density at radius 1 is 1.19 bits per heavy atom. The molecular weight excluding hydrogens is 334 g/mol. The molecule has 3 heteroatoms. The van der Waals surface area contributed by atoms with Crippen molar-refractivity contribution in [2.24, 2.45) is 16.7 Å². The molecule has 3 atom stereocenters. The van der Waals surface area contributed by atoms with Crippen LogP contribution in [0.1, 0.15) is 45.6 Å². The van der Waals surface area contributed by atoms with E-state index in [-0.39, 0.29) is 17.4 Å². The average molecular weight is 361 g/mol. The summed E-state index contributed by atoms with van der Waals surface area (Å²) in [5.74, 6) is 0.840. The molecule has 1 amide bonds. The van der Waals surface area contributed by atoms with Gasteiger partial charge in [0.25, 0.3) is 0 Å². The zero-order valence-corrected chi connectivity index (χ0v) is 16.3. The second kappa shape index (κ2) is 5.60. The van der Waals surface area contributed by atoms with E-state index in [1.54, 1.807) is 6.26 Å². The van der Waals surface area contributed by atoms with Gasteiger partial charge in [-0.2, -0.15) is 0 Å². The number of benzene rings is 2. The van der Waals surface area contributed by atoms with Gasteiger partial charge >= 0.3 is 0 Å². The summed E-state index contributed by atoms with van der Waals surface area (Å²) in [7, 11) is 0. The molecule has 2 bridgehead atoms. The third-order valence-corrected chi connectivity index (χ3v) is 8.02. The molecule has 27 heavy (non-hydrogen) atoms. The van der Waals surface area contributed by atoms with Gasteiger partial charge in [0.15, 0.2) is 0 Å². The fourth-order valence-corrected chi connectivity index (χ4v) is 5.84. The van der Waals surface area contributed by atoms with Crippen LogP contribution in [0.4, 0.5) is 0 Å². The number of hydrogen-bond acceptors (Lipinski definition) is 2. The fourth-order valence-electron chi connectivity index (χ4n) is 5.84. The predicted molar refractivity (Wildman–Crippen MR) is 109 cm³/mol. The number of furan rings is 1. The Hall–Kier alpha value is -2.29. The van der Waals surface area contributed by atoms with Gasteiger partial charge in [-0.05, 0) is 52.8 Å². The molecule has 3 nitrogen and oxygen atoms in total. The molecule has 0 unspecified atom stereocenters. The van der Waals surface area contributed by atoms with Gasteiger partial charge in [0.2, 0.25) is 5.91 Å². The molecule has 0 saturated heterocycles. The lowest BCUT2D eigenvalue weighted by atomic mass is 9.69. The Balaban J connectivity index is 1.42. The molecule has 1 N–H and O–H groups in total. The lowest BCUT2D eigenvalue weighted by molar-refractivity contribution is -0.122. The van der Waals surface area contributed by atoms with Crippen molar-refractivity contribution in [2.75, 3.05) is 0 Å². The normalized spacial score (nSPS) is 28.9. The summed E-state index contributed by atoms with van der Waals surface area (Å²) in [6.45, 7) is 7.13. The van der Waals surface area contributed by atoms with E-state index in [0.717, 1.165) is 34.3 Å². The SMILES string of the molecule is CC1(C)[C@H]2CC[C@@]1(C)[C@H](NC(=O)Cc1coc3ccc4ccccc4c13)C2. The van der Waals surface area contributed by atoms with Gasteiger partial charge in [-0.25, -0.2) is 0 Å². The lowest BCUT2D eigenvalue weighted by Gasteiger charge is -2.39. The highest BCUT2D eigenvalue weighted by Gasteiger charge is 2.61. The number of fused-ring (bicyclic) bond motifs is 5. The Kier molecular flexibility index (Phi) is 3.50. The molecule has 2 aromatic carbocycles. The number of carbonyl (C=O) groups is 1. The van der Waals surface area contributed by atoms with Crippen molar-refractivity contribution < 1.29 is 9.21 Å². The highest BCUT2D eigenvalue weighted by Crippen LogP contribution is 2.65. The van der Waals surface area contributed by atoms with Gasteiger partial charge in [-0.3, -0.25) is 4.79 Å². The number of carbonyl (C=O) groups excluding carboxylic acids is 1. The summed E-state index contributed by atoms with van der Waals surface area (Å²) >= 11 is 0. The zero-order chi connectivity index (χ0) is 18.8. The number of hydrogen-bond donors (Lipinski definition) is 1. The molecule has 2 saturated carbocycles. The Bertz CT molecular complexity index is 1050. The summed E-state index contributed by atoms with van der Waals surface area (Å²) in [5.41, 5.74) is 2.35. The van der Waals surface area contributed by atoms with Gasteiger partial charge in [-0.15, -0.1) is 0 Å². The maximum Gasteiger partial charge on any atom is 0.224 e. The quantitative estimate of drug-likeness (QED) is 0.673. The fraction of sp³-hybridized carbons (Fsp3) is 0.458. The standard InChI is InChI=1S/C24H27NO2/c1-23(2)17-10-11-24(23,3)20(13-17)25-21(26)12-16-14-27-19-9-8-15-6-4-5-7-18(15)22(16)19/h4-9,14,17,20H,10-13H2,1-3H3,(H,25,26)/t17-,20+,24-/m0/s1. The molecule has 0 aliphatic heterocycles. The van der Waals surface area contributed by atoms with Crippen LogP contribution in [0, 0.1) is 16.7 Å². The van der Waals surface area contributed by atoms with E-state index in [1.165, 1.54) is 18.2 Å². The molecule has 2 fully saturated rings. The van der Waals surface area contributed by atoms with Crippen LogP contribution in [0.5, 0.6) is 0 Å². The van der Waals surface area contributed by atoms with E-state index < -0.39 is 0 Å². The van der Waals surface area contributed by atoms with E-state index in [1.807, 2.05) is 18.2 Å². The first-order chi connectivity index (χ1) is 12.9. The average Bonchev–Trinajstić information content (AvgIpc) is 3.21. The molecule has 2 aliphatic carbocycles. The third-order valence-electron chi connectivity index (χ3n) is 8.02. The van der Waals surface area contributed by atoms with Crippen molar-refractivity contribution in [1.82, 2.24) is 5.32 Å². The number of amides is 1. The summed E-state index contributed by atoms with van der Waals surface area (Å²) in [4.78, 5) is 12.9. The molecule has 0 radical (unpaired) electrons. The largest absolute Gasteiger partial charge is 0.464 e. The maximum atomic E-state index is 12.9. The summed E-state index contributed by atoms with van der Waals surface area (Å²) in [5, 5.41) is 6.78. The molecule has 2 aliphatic rings. The van der Waals surface area contributed by atoms with Gasteiger partial charge in [0, 0.05) is 17.0 Å². The maximum absolute atomic E-state index is 12.9. The van der Waals surface area contributed by atoms with Gasteiger partial charge in [0.1, 0.15) is 5.58 Å². The van der Waals surface area contributed by atoms with Crippen LogP contribution in [-0.2, 0) is 11.2 Å². The number of nitrogens with one attached hydrogen (secondary N) is 1. The van der Waals surface area contributed by atoms with Crippen molar-refractivity contribution in [2.45, 2.75) is 52.5 Å². The van der Waals surface area contributed by atoms with Crippen molar-refractivity contribution in [3.63, 3.8) is 0 Å². The minimum absolute atomic E-state index is 0.111. The van der Waals surface area contributed by atoms with E-state index in [4.69, 9.17) is 4.42 Å². The molecule has 140 valence electrons. The van der Waals surface area contributed by atoms with Crippen LogP contribution < -0.4 is 5.32 Å². The van der Waals surface area contributed by atoms with Crippen LogP contribution in [-0.4, -0.2) is 11.9 Å². The minimum atomic E-state index is 0.111. The van der Waals surface area contributed by atoms with Crippen LogP contribution in [0.25, 0.3) is 21.7 Å². The molecule has 0 spiro atoms. The van der Waals surface area contributed by atoms with Crippen LogP contribution in [0.3, 0.4) is 0 Å². The monoisotopic (exact) mass is 361 g/mol. The van der Waals surface area contributed by atoms with E-state index in [0.29, 0.717) is 11.8 Å². The first-order valence-electron chi connectivity index (χ1n) is 10.1. The summed E-state index contributed by atoms with van der Waals surface area (Å²) in [6.07, 6.45) is 5.76. The van der Waals surface area contributed by atoms with Gasteiger partial charge < -0.3 is 9.73 Å². The Morgan fingerprint density at radius 2 is 2.00 bits per heavy atom. The highest BCUT2D eigenvalue weighted by molar-refractivity contribution is 6.08. The van der Waals surface area contributed by atoms with Crippen LogP contribution >= 0.6 is 0 Å². The second-order valence-corrected chi connectivity index (χ2v) is 9.33. The van der Waals surface area contributed by atoms with Crippen molar-refractivity contribution in [3.8, 4) is 0 Å². The second-order valence-electron chi connectivity index (χ2n) is 9.33. The summed E-state index contributed by atoms with van der Waals surface area (Å²) < 4.78 is 5.75. The third kappa shape index (κ3) is 2.30. The van der Waals surface area contributed by atoms with Gasteiger partial charge in [-0.1, -0.05) is 51.1 Å². The predicted octanol–water partition coefficient (Wildman–Crippen LogP) is 5.46. The smallest absolute Gasteiger partial charge is 0.224 e. The first kappa shape index (κ1) is 16.9. The zero-order valence-electron chi connectivity index (χ0n) is 16.3. The summed E-state index contributed by atoms with van der Waals surface area (Å²) in [6, 6.07) is 12.6. The molecule has 1 heterocycles. The number of rotatable bonds is 3. The molecule has 5 rings (SSSR count). The molecular formula is C24H27NO2. The Morgan fingerprint density at radius 3 is 2.74 bits per heavy atom. The van der Waals surface area contributed by atoms with E-state index in [9.17, 15) is 4.79 Å². The van der Waals surface area contributed by atoms with Gasteiger partial charge in [0.05, 0.1) is 12.7 Å². The topological polar surface area (TPSA) is 42.2 Å². The van der Waals surface area contributed by atoms with Crippen molar-refractivity contribution >= 4 is 27.6 Å². The first-order valence-corrected chi connectivity index (χ1v) is 10.1. The molecule has 3 aromatic rings. The minimum Gasteiger partial charge on any atom is -0.464 e. The van der Waals surface area contributed by atoms with E-state index >= 15 is 0 Å². The van der Waals surface area contributed by atoms with Crippen LogP contribution in [0.15, 0.2) is 47.1 Å². The molecule has 1 aromatic heterocycles. The van der Waals surface area contributed by atoms with E-state index in [2.05, 4.69) is 44.3 Å². The Labute approximate surface area is 160 Å². The lowest BCUT2D eigenvalue weighted by Crippen LogP contribution is -2.47. The highest BCUT2D eigenvalue weighted by atomic mass is 16.3. The van der Waals surface area contributed by atoms with Crippen LogP contribution in [0.2, 0.25) is 0 Å². The van der Waals surface area contributed by atoms with Crippen molar-refractivity contribution in [3.05, 3.63) is 48.2 Å². The van der Waals surface area contributed by atoms with Crippen molar-refractivity contribution in [1.29, 1.82) is 0 Å².